The van der Waals surface area contributed by atoms with Crippen LogP contribution in [0.5, 0.6) is 11.5 Å². The predicted octanol–water partition coefficient (Wildman–Crippen LogP) is 4.74. The van der Waals surface area contributed by atoms with Crippen LogP contribution in [-0.2, 0) is 6.61 Å². The van der Waals surface area contributed by atoms with Gasteiger partial charge in [-0.2, -0.15) is 0 Å². The highest BCUT2D eigenvalue weighted by atomic mass is 79.9. The van der Waals surface area contributed by atoms with E-state index in [0.29, 0.717) is 18.2 Å². The Kier molecular flexibility index (Phi) is 5.12. The maximum Gasteiger partial charge on any atom is 0.125 e. The molecular formula is C17H20BrNO2. The number of nitrogen functional groups attached to an aromatic ring is 1. The van der Waals surface area contributed by atoms with Crippen LogP contribution in [0.2, 0.25) is 0 Å². The first-order valence-electron chi connectivity index (χ1n) is 6.86. The quantitative estimate of drug-likeness (QED) is 0.792. The van der Waals surface area contributed by atoms with E-state index >= 15 is 0 Å². The lowest BCUT2D eigenvalue weighted by Crippen LogP contribution is -2.02. The number of anilines is 1. The minimum Gasteiger partial charge on any atom is -0.496 e. The molecule has 0 aromatic heterocycles. The lowest BCUT2D eigenvalue weighted by Gasteiger charge is -2.16. The van der Waals surface area contributed by atoms with Crippen LogP contribution in [-0.4, -0.2) is 7.11 Å². The molecule has 3 nitrogen and oxygen atoms in total. The molecule has 0 heterocycles. The molecule has 0 aliphatic heterocycles. The van der Waals surface area contributed by atoms with Crippen molar-refractivity contribution in [2.45, 2.75) is 26.4 Å². The van der Waals surface area contributed by atoms with E-state index in [1.165, 1.54) is 5.56 Å². The second-order valence-corrected chi connectivity index (χ2v) is 6.11. The normalized spacial score (nSPS) is 10.7. The van der Waals surface area contributed by atoms with Crippen LogP contribution in [0.1, 0.15) is 30.9 Å². The van der Waals surface area contributed by atoms with E-state index in [4.69, 9.17) is 15.2 Å². The maximum absolute atomic E-state index is 5.98. The first-order valence-corrected chi connectivity index (χ1v) is 7.65. The predicted molar refractivity (Wildman–Crippen MR) is 90.0 cm³/mol. The third-order valence-corrected chi connectivity index (χ3v) is 3.77. The number of hydrogen-bond donors (Lipinski definition) is 1. The molecule has 2 N–H and O–H groups in total. The molecule has 112 valence electrons. The minimum absolute atomic E-state index is 0.389. The summed E-state index contributed by atoms with van der Waals surface area (Å²) in [5, 5.41) is 0. The molecule has 0 saturated carbocycles. The van der Waals surface area contributed by atoms with Gasteiger partial charge in [-0.15, -0.1) is 0 Å². The Morgan fingerprint density at radius 2 is 1.81 bits per heavy atom. The average Bonchev–Trinajstić information content (AvgIpc) is 2.46. The summed E-state index contributed by atoms with van der Waals surface area (Å²) < 4.78 is 12.4. The Morgan fingerprint density at radius 1 is 1.10 bits per heavy atom. The van der Waals surface area contributed by atoms with Gasteiger partial charge in [0, 0.05) is 15.7 Å². The first-order chi connectivity index (χ1) is 10.0. The Labute approximate surface area is 134 Å². The van der Waals surface area contributed by atoms with Crippen molar-refractivity contribution in [3.63, 3.8) is 0 Å². The number of hydrogen-bond acceptors (Lipinski definition) is 3. The van der Waals surface area contributed by atoms with E-state index in [1.54, 1.807) is 7.11 Å². The van der Waals surface area contributed by atoms with Gasteiger partial charge in [-0.1, -0.05) is 29.8 Å². The lowest BCUT2D eigenvalue weighted by molar-refractivity contribution is 0.293. The van der Waals surface area contributed by atoms with Crippen molar-refractivity contribution in [1.82, 2.24) is 0 Å². The third kappa shape index (κ3) is 3.91. The summed E-state index contributed by atoms with van der Waals surface area (Å²) in [6.07, 6.45) is 0. The summed E-state index contributed by atoms with van der Waals surface area (Å²) in [6.45, 7) is 4.72. The Morgan fingerprint density at radius 3 is 2.48 bits per heavy atom. The Balaban J connectivity index is 2.22. The molecule has 2 aromatic carbocycles. The van der Waals surface area contributed by atoms with Crippen molar-refractivity contribution in [2.75, 3.05) is 12.8 Å². The number of halogens is 1. The van der Waals surface area contributed by atoms with Gasteiger partial charge in [-0.25, -0.2) is 0 Å². The summed E-state index contributed by atoms with van der Waals surface area (Å²) in [6, 6.07) is 11.6. The molecule has 0 radical (unpaired) electrons. The second-order valence-electron chi connectivity index (χ2n) is 5.20. The van der Waals surface area contributed by atoms with E-state index in [1.807, 2.05) is 30.3 Å². The largest absolute Gasteiger partial charge is 0.496 e. The zero-order valence-corrected chi connectivity index (χ0v) is 14.1. The van der Waals surface area contributed by atoms with Crippen LogP contribution in [0.15, 0.2) is 40.9 Å². The topological polar surface area (TPSA) is 44.5 Å². The molecule has 0 bridgehead atoms. The van der Waals surface area contributed by atoms with Crippen molar-refractivity contribution < 1.29 is 9.47 Å². The fourth-order valence-electron chi connectivity index (χ4n) is 2.17. The summed E-state index contributed by atoms with van der Waals surface area (Å²) in [7, 11) is 1.65. The summed E-state index contributed by atoms with van der Waals surface area (Å²) in [5.74, 6) is 2.06. The molecule has 0 unspecified atom stereocenters. The molecule has 2 aromatic rings. The van der Waals surface area contributed by atoms with Crippen LogP contribution in [0.3, 0.4) is 0 Å². The van der Waals surface area contributed by atoms with E-state index < -0.39 is 0 Å². The first kappa shape index (κ1) is 15.7. The van der Waals surface area contributed by atoms with Gasteiger partial charge in [0.1, 0.15) is 18.1 Å². The van der Waals surface area contributed by atoms with Gasteiger partial charge in [-0.3, -0.25) is 0 Å². The average molecular weight is 350 g/mol. The fourth-order valence-corrected chi connectivity index (χ4v) is 2.55. The molecule has 21 heavy (non-hydrogen) atoms. The Bertz CT molecular complexity index is 626. The maximum atomic E-state index is 5.98. The molecule has 0 atom stereocenters. The van der Waals surface area contributed by atoms with Gasteiger partial charge in [-0.05, 0) is 47.9 Å². The van der Waals surface area contributed by atoms with Crippen molar-refractivity contribution in [3.05, 3.63) is 52.0 Å². The summed E-state index contributed by atoms with van der Waals surface area (Å²) >= 11 is 3.50. The zero-order valence-electron chi connectivity index (χ0n) is 12.5. The van der Waals surface area contributed by atoms with E-state index in [9.17, 15) is 0 Å². The Hall–Kier alpha value is -1.68. The molecule has 0 aliphatic carbocycles. The highest BCUT2D eigenvalue weighted by Crippen LogP contribution is 2.31. The number of rotatable bonds is 5. The molecule has 0 fully saturated rings. The summed E-state index contributed by atoms with van der Waals surface area (Å²) in [4.78, 5) is 0. The number of nitrogens with two attached hydrogens (primary N) is 1. The molecule has 4 heteroatoms. The van der Waals surface area contributed by atoms with E-state index in [0.717, 1.165) is 21.5 Å². The van der Waals surface area contributed by atoms with Crippen molar-refractivity contribution >= 4 is 21.6 Å². The molecule has 2 rings (SSSR count). The van der Waals surface area contributed by atoms with Crippen LogP contribution < -0.4 is 15.2 Å². The van der Waals surface area contributed by atoms with Gasteiger partial charge >= 0.3 is 0 Å². The minimum atomic E-state index is 0.389. The molecule has 0 aliphatic rings. The zero-order chi connectivity index (χ0) is 15.4. The fraction of sp³-hybridized carbons (Fsp3) is 0.294. The summed E-state index contributed by atoms with van der Waals surface area (Å²) in [5.41, 5.74) is 8.65. The number of ether oxygens (including phenoxy) is 2. The third-order valence-electron chi connectivity index (χ3n) is 3.28. The molecular weight excluding hydrogens is 330 g/mol. The highest BCUT2D eigenvalue weighted by Gasteiger charge is 2.10. The smallest absolute Gasteiger partial charge is 0.125 e. The highest BCUT2D eigenvalue weighted by molar-refractivity contribution is 9.10. The van der Waals surface area contributed by atoms with E-state index in [2.05, 4.69) is 35.8 Å². The lowest BCUT2D eigenvalue weighted by atomic mass is 10.0. The van der Waals surface area contributed by atoms with Gasteiger partial charge in [0.25, 0.3) is 0 Å². The number of methoxy groups -OCH3 is 1. The van der Waals surface area contributed by atoms with Crippen LogP contribution in [0.25, 0.3) is 0 Å². The van der Waals surface area contributed by atoms with Crippen molar-refractivity contribution in [1.29, 1.82) is 0 Å². The van der Waals surface area contributed by atoms with Crippen LogP contribution >= 0.6 is 15.9 Å². The monoisotopic (exact) mass is 349 g/mol. The van der Waals surface area contributed by atoms with Gasteiger partial charge in [0.2, 0.25) is 0 Å². The molecule has 0 amide bonds. The number of benzene rings is 2. The van der Waals surface area contributed by atoms with Crippen LogP contribution in [0.4, 0.5) is 5.69 Å². The van der Waals surface area contributed by atoms with Gasteiger partial charge < -0.3 is 15.2 Å². The van der Waals surface area contributed by atoms with Crippen molar-refractivity contribution in [3.8, 4) is 11.5 Å². The van der Waals surface area contributed by atoms with Crippen molar-refractivity contribution in [2.24, 2.45) is 0 Å². The second kappa shape index (κ2) is 6.85. The standard InChI is InChI=1S/C17H20BrNO2/c1-11(2)15-9-13(18)4-6-17(15)21-10-12-8-14(19)5-7-16(12)20-3/h4-9,11H,10,19H2,1-3H3. The van der Waals surface area contributed by atoms with Gasteiger partial charge in [0.05, 0.1) is 7.11 Å². The van der Waals surface area contributed by atoms with E-state index in [-0.39, 0.29) is 0 Å². The van der Waals surface area contributed by atoms with Gasteiger partial charge in [0.15, 0.2) is 0 Å². The SMILES string of the molecule is COc1ccc(N)cc1COc1ccc(Br)cc1C(C)C. The molecule has 0 saturated heterocycles. The molecule has 0 spiro atoms. The van der Waals surface area contributed by atoms with Crippen LogP contribution in [0, 0.1) is 0 Å².